The summed E-state index contributed by atoms with van der Waals surface area (Å²) in [5.41, 5.74) is 2.89. The lowest BCUT2D eigenvalue weighted by Crippen LogP contribution is -2.22. The van der Waals surface area contributed by atoms with Gasteiger partial charge in [0.05, 0.1) is 5.39 Å². The first-order chi connectivity index (χ1) is 18.5. The molecule has 0 atom stereocenters. The summed E-state index contributed by atoms with van der Waals surface area (Å²) in [5, 5.41) is 2.74. The van der Waals surface area contributed by atoms with E-state index in [1.807, 2.05) is 38.1 Å². The van der Waals surface area contributed by atoms with E-state index < -0.39 is 35.6 Å². The van der Waals surface area contributed by atoms with E-state index in [-0.39, 0.29) is 22.5 Å². The van der Waals surface area contributed by atoms with Crippen molar-refractivity contribution in [3.63, 3.8) is 0 Å². The standard InChI is InChI=1S/C30H28F3NO5/c1-5-19-8-7-9-20(6-2)26(19)34-25(35)16-37-21-10-11-23-24(15-21)39-29(30(31,32)33)28(27(23)36)38-22-13-17(3)12-18(4)14-22/h7-15H,5-6,16H2,1-4H3,(H,34,35). The number of nitrogens with one attached hydrogen (secondary N) is 1. The first-order valence-electron chi connectivity index (χ1n) is 12.5. The topological polar surface area (TPSA) is 77.8 Å². The maximum absolute atomic E-state index is 13.9. The minimum Gasteiger partial charge on any atom is -0.484 e. The number of para-hydroxylation sites is 1. The van der Waals surface area contributed by atoms with Gasteiger partial charge in [0.15, 0.2) is 6.61 Å². The molecule has 1 heterocycles. The van der Waals surface area contributed by atoms with Crippen molar-refractivity contribution in [1.82, 2.24) is 0 Å². The molecule has 0 saturated carbocycles. The molecule has 3 aromatic carbocycles. The number of rotatable bonds is 8. The molecule has 0 aliphatic rings. The highest BCUT2D eigenvalue weighted by molar-refractivity contribution is 5.93. The smallest absolute Gasteiger partial charge is 0.453 e. The number of hydrogen-bond donors (Lipinski definition) is 1. The molecule has 0 radical (unpaired) electrons. The highest BCUT2D eigenvalue weighted by Crippen LogP contribution is 2.39. The van der Waals surface area contributed by atoms with Crippen LogP contribution in [0.15, 0.2) is 63.8 Å². The Balaban J connectivity index is 1.61. The molecule has 4 aromatic rings. The van der Waals surface area contributed by atoms with Gasteiger partial charge in [0, 0.05) is 11.8 Å². The molecule has 1 aromatic heterocycles. The van der Waals surface area contributed by atoms with Crippen molar-refractivity contribution in [3.05, 3.63) is 92.8 Å². The van der Waals surface area contributed by atoms with Crippen LogP contribution in [0.3, 0.4) is 0 Å². The van der Waals surface area contributed by atoms with Crippen LogP contribution in [0.2, 0.25) is 0 Å². The summed E-state index contributed by atoms with van der Waals surface area (Å²) >= 11 is 0. The fraction of sp³-hybridized carbons (Fsp3) is 0.267. The van der Waals surface area contributed by atoms with Gasteiger partial charge in [-0.2, -0.15) is 13.2 Å². The van der Waals surface area contributed by atoms with E-state index in [9.17, 15) is 22.8 Å². The third-order valence-corrected chi connectivity index (χ3v) is 6.13. The first-order valence-corrected chi connectivity index (χ1v) is 12.5. The van der Waals surface area contributed by atoms with Crippen molar-refractivity contribution >= 4 is 22.6 Å². The van der Waals surface area contributed by atoms with E-state index in [0.717, 1.165) is 46.8 Å². The van der Waals surface area contributed by atoms with Gasteiger partial charge >= 0.3 is 6.18 Å². The van der Waals surface area contributed by atoms with Crippen molar-refractivity contribution < 1.29 is 31.9 Å². The lowest BCUT2D eigenvalue weighted by molar-refractivity contribution is -0.154. The van der Waals surface area contributed by atoms with Gasteiger partial charge in [0.25, 0.3) is 11.7 Å². The minimum absolute atomic E-state index is 0.0661. The number of amides is 1. The Morgan fingerprint density at radius 2 is 1.56 bits per heavy atom. The summed E-state index contributed by atoms with van der Waals surface area (Å²) in [6, 6.07) is 14.5. The molecule has 0 spiro atoms. The number of hydrogen-bond acceptors (Lipinski definition) is 5. The third-order valence-electron chi connectivity index (χ3n) is 6.13. The van der Waals surface area contributed by atoms with Crippen LogP contribution in [0.1, 0.15) is 41.9 Å². The van der Waals surface area contributed by atoms with E-state index in [4.69, 9.17) is 13.9 Å². The molecule has 0 aliphatic carbocycles. The molecule has 1 N–H and O–H groups in total. The average Bonchev–Trinajstić information content (AvgIpc) is 2.87. The molecule has 6 nitrogen and oxygen atoms in total. The van der Waals surface area contributed by atoms with Crippen LogP contribution in [0, 0.1) is 13.8 Å². The van der Waals surface area contributed by atoms with Crippen LogP contribution in [0.25, 0.3) is 11.0 Å². The average molecular weight is 540 g/mol. The summed E-state index contributed by atoms with van der Waals surface area (Å²) in [6.45, 7) is 7.10. The van der Waals surface area contributed by atoms with Crippen LogP contribution < -0.4 is 20.2 Å². The van der Waals surface area contributed by atoms with Gasteiger partial charge in [-0.15, -0.1) is 0 Å². The van der Waals surface area contributed by atoms with E-state index in [2.05, 4.69) is 5.32 Å². The molecular formula is C30H28F3NO5. The molecule has 204 valence electrons. The van der Waals surface area contributed by atoms with E-state index in [1.165, 1.54) is 24.3 Å². The van der Waals surface area contributed by atoms with Gasteiger partial charge < -0.3 is 19.2 Å². The second-order valence-electron chi connectivity index (χ2n) is 9.17. The zero-order chi connectivity index (χ0) is 28.3. The van der Waals surface area contributed by atoms with E-state index in [1.54, 1.807) is 13.8 Å². The van der Waals surface area contributed by atoms with Crippen molar-refractivity contribution in [2.24, 2.45) is 0 Å². The molecule has 1 amide bonds. The molecule has 0 saturated heterocycles. The second-order valence-corrected chi connectivity index (χ2v) is 9.17. The summed E-state index contributed by atoms with van der Waals surface area (Å²) in [4.78, 5) is 25.7. The maximum Gasteiger partial charge on any atom is 0.453 e. The Morgan fingerprint density at radius 3 is 2.15 bits per heavy atom. The van der Waals surface area contributed by atoms with Crippen LogP contribution in [0.5, 0.6) is 17.2 Å². The van der Waals surface area contributed by atoms with E-state index in [0.29, 0.717) is 0 Å². The Morgan fingerprint density at radius 1 is 0.923 bits per heavy atom. The fourth-order valence-corrected chi connectivity index (χ4v) is 4.36. The van der Waals surface area contributed by atoms with Crippen molar-refractivity contribution in [3.8, 4) is 17.2 Å². The summed E-state index contributed by atoms with van der Waals surface area (Å²) in [7, 11) is 0. The molecule has 4 rings (SSSR count). The lowest BCUT2D eigenvalue weighted by atomic mass is 10.0. The highest BCUT2D eigenvalue weighted by atomic mass is 19.4. The largest absolute Gasteiger partial charge is 0.484 e. The number of benzene rings is 3. The van der Waals surface area contributed by atoms with Gasteiger partial charge in [-0.05, 0) is 73.2 Å². The number of carbonyl (C=O) groups excluding carboxylic acids is 1. The molecule has 39 heavy (non-hydrogen) atoms. The van der Waals surface area contributed by atoms with Crippen LogP contribution in [-0.4, -0.2) is 12.5 Å². The van der Waals surface area contributed by atoms with Crippen molar-refractivity contribution in [2.45, 2.75) is 46.7 Å². The van der Waals surface area contributed by atoms with Gasteiger partial charge in [-0.25, -0.2) is 0 Å². The predicted molar refractivity (Wildman–Crippen MR) is 143 cm³/mol. The minimum atomic E-state index is -5.00. The third kappa shape index (κ3) is 6.25. The zero-order valence-corrected chi connectivity index (χ0v) is 22.0. The Hall–Kier alpha value is -4.27. The fourth-order valence-electron chi connectivity index (χ4n) is 4.36. The monoisotopic (exact) mass is 539 g/mol. The summed E-state index contributed by atoms with van der Waals surface area (Å²) < 4.78 is 57.8. The SMILES string of the molecule is CCc1cccc(CC)c1NC(=O)COc1ccc2c(=O)c(Oc3cc(C)cc(C)c3)c(C(F)(F)F)oc2c1. The number of alkyl halides is 3. The van der Waals surface area contributed by atoms with E-state index >= 15 is 0 Å². The van der Waals surface area contributed by atoms with Crippen LogP contribution in [-0.2, 0) is 23.8 Å². The molecule has 0 bridgehead atoms. The molecule has 9 heteroatoms. The molecule has 0 fully saturated rings. The zero-order valence-electron chi connectivity index (χ0n) is 22.0. The Kier molecular flexibility index (Phi) is 7.99. The normalized spacial score (nSPS) is 11.5. The molecular weight excluding hydrogens is 511 g/mol. The van der Waals surface area contributed by atoms with Crippen molar-refractivity contribution in [1.29, 1.82) is 0 Å². The van der Waals surface area contributed by atoms with Gasteiger partial charge in [-0.3, -0.25) is 9.59 Å². The van der Waals surface area contributed by atoms with Crippen LogP contribution >= 0.6 is 0 Å². The number of halogens is 3. The summed E-state index contributed by atoms with van der Waals surface area (Å²) in [5.74, 6) is -2.78. The number of anilines is 1. The van der Waals surface area contributed by atoms with Gasteiger partial charge in [-0.1, -0.05) is 38.1 Å². The van der Waals surface area contributed by atoms with Crippen molar-refractivity contribution in [2.75, 3.05) is 11.9 Å². The number of carbonyl (C=O) groups is 1. The Bertz CT molecular complexity index is 1550. The number of ether oxygens (including phenoxy) is 2. The summed E-state index contributed by atoms with van der Waals surface area (Å²) in [6.07, 6.45) is -3.54. The number of fused-ring (bicyclic) bond motifs is 1. The highest BCUT2D eigenvalue weighted by Gasteiger charge is 2.40. The van der Waals surface area contributed by atoms with Gasteiger partial charge in [0.1, 0.15) is 17.1 Å². The predicted octanol–water partition coefficient (Wildman–Crippen LogP) is 7.36. The molecule has 0 aliphatic heterocycles. The van der Waals surface area contributed by atoms with Crippen LogP contribution in [0.4, 0.5) is 18.9 Å². The first kappa shape index (κ1) is 27.8. The number of aryl methyl sites for hydroxylation is 4. The van der Waals surface area contributed by atoms with Gasteiger partial charge in [0.2, 0.25) is 11.2 Å². The lowest BCUT2D eigenvalue weighted by Gasteiger charge is -2.15. The molecule has 0 unspecified atom stereocenters. The Labute approximate surface area is 223 Å². The quantitative estimate of drug-likeness (QED) is 0.253. The maximum atomic E-state index is 13.9. The second kappa shape index (κ2) is 11.2.